The summed E-state index contributed by atoms with van der Waals surface area (Å²) in [4.78, 5) is 1.67. The maximum atomic E-state index is 8.57. The first-order chi connectivity index (χ1) is 5.40. The molecule has 0 amide bonds. The van der Waals surface area contributed by atoms with Crippen molar-refractivity contribution in [1.82, 2.24) is 19.7 Å². The lowest BCUT2D eigenvalue weighted by Crippen LogP contribution is -2.29. The maximum absolute atomic E-state index is 8.57. The van der Waals surface area contributed by atoms with Crippen molar-refractivity contribution >= 4 is 0 Å². The van der Waals surface area contributed by atoms with E-state index in [1.54, 1.807) is 11.2 Å². The minimum Gasteiger partial charge on any atom is -0.314 e. The molecule has 56 valence electrons. The number of hydrogen-bond acceptors (Lipinski definition) is 4. The lowest BCUT2D eigenvalue weighted by molar-refractivity contribution is 0.309. The van der Waals surface area contributed by atoms with Gasteiger partial charge in [-0.2, -0.15) is 5.26 Å². The summed E-state index contributed by atoms with van der Waals surface area (Å²) < 4.78 is 1.97. The van der Waals surface area contributed by atoms with Crippen molar-refractivity contribution in [3.8, 4) is 6.19 Å². The van der Waals surface area contributed by atoms with Gasteiger partial charge in [-0.15, -0.1) is 10.2 Å². The van der Waals surface area contributed by atoms with Gasteiger partial charge in [0.25, 0.3) is 0 Å². The summed E-state index contributed by atoms with van der Waals surface area (Å²) in [6, 6.07) is 0. The first-order valence-electron chi connectivity index (χ1n) is 3.41. The second-order valence-electron chi connectivity index (χ2n) is 2.46. The Hall–Kier alpha value is -1.57. The van der Waals surface area contributed by atoms with E-state index in [0.29, 0.717) is 6.54 Å². The molecule has 0 saturated carbocycles. The van der Waals surface area contributed by atoms with Crippen LogP contribution in [-0.4, -0.2) is 26.2 Å². The number of aromatic nitrogens is 3. The monoisotopic (exact) mass is 149 g/mol. The molecule has 1 aromatic heterocycles. The number of nitriles is 1. The van der Waals surface area contributed by atoms with Gasteiger partial charge in [-0.1, -0.05) is 0 Å². The first-order valence-corrected chi connectivity index (χ1v) is 3.41. The van der Waals surface area contributed by atoms with Gasteiger partial charge in [0, 0.05) is 13.1 Å². The van der Waals surface area contributed by atoms with Crippen LogP contribution in [0.4, 0.5) is 0 Å². The van der Waals surface area contributed by atoms with E-state index < -0.39 is 0 Å². The average Bonchev–Trinajstić information content (AvgIpc) is 2.50. The molecular weight excluding hydrogens is 142 g/mol. The predicted octanol–water partition coefficient (Wildman–Crippen LogP) is -0.425. The number of nitrogens with zero attached hydrogens (tertiary/aromatic N) is 5. The summed E-state index contributed by atoms with van der Waals surface area (Å²) >= 11 is 0. The molecule has 0 aromatic carbocycles. The molecule has 0 atom stereocenters. The smallest absolute Gasteiger partial charge is 0.179 e. The van der Waals surface area contributed by atoms with E-state index >= 15 is 0 Å². The quantitative estimate of drug-likeness (QED) is 0.470. The maximum Gasteiger partial charge on any atom is 0.179 e. The first kappa shape index (κ1) is 6.16. The minimum absolute atomic E-state index is 0.594. The van der Waals surface area contributed by atoms with Gasteiger partial charge >= 0.3 is 0 Å². The van der Waals surface area contributed by atoms with E-state index in [2.05, 4.69) is 16.4 Å². The van der Waals surface area contributed by atoms with Crippen molar-refractivity contribution in [2.75, 3.05) is 6.54 Å². The molecule has 1 aliphatic heterocycles. The van der Waals surface area contributed by atoms with Crippen molar-refractivity contribution in [3.05, 3.63) is 12.2 Å². The van der Waals surface area contributed by atoms with Crippen LogP contribution in [0.2, 0.25) is 0 Å². The molecule has 0 bridgehead atoms. The van der Waals surface area contributed by atoms with Crippen LogP contribution < -0.4 is 0 Å². The molecule has 0 radical (unpaired) electrons. The van der Waals surface area contributed by atoms with Crippen molar-refractivity contribution in [2.45, 2.75) is 13.1 Å². The van der Waals surface area contributed by atoms with E-state index in [1.165, 1.54) is 0 Å². The molecule has 0 spiro atoms. The Bertz CT molecular complexity index is 296. The van der Waals surface area contributed by atoms with E-state index in [0.717, 1.165) is 18.9 Å². The second-order valence-corrected chi connectivity index (χ2v) is 2.46. The van der Waals surface area contributed by atoms with Crippen LogP contribution in [-0.2, 0) is 13.1 Å². The fourth-order valence-electron chi connectivity index (χ4n) is 1.15. The Morgan fingerprint density at radius 2 is 2.45 bits per heavy atom. The normalized spacial score (nSPS) is 15.7. The summed E-state index contributed by atoms with van der Waals surface area (Å²) in [5.41, 5.74) is 0. The highest BCUT2D eigenvalue weighted by molar-refractivity contribution is 4.93. The van der Waals surface area contributed by atoms with Crippen molar-refractivity contribution < 1.29 is 0 Å². The SMILES string of the molecule is N#CN1CCn2cnnc2C1. The van der Waals surface area contributed by atoms with Crippen molar-refractivity contribution in [3.63, 3.8) is 0 Å². The van der Waals surface area contributed by atoms with E-state index in [4.69, 9.17) is 5.26 Å². The summed E-state index contributed by atoms with van der Waals surface area (Å²) in [7, 11) is 0. The van der Waals surface area contributed by atoms with Crippen molar-refractivity contribution in [2.24, 2.45) is 0 Å². The molecule has 2 rings (SSSR count). The Balaban J connectivity index is 2.26. The fraction of sp³-hybridized carbons (Fsp3) is 0.500. The molecule has 0 fully saturated rings. The molecule has 0 N–H and O–H groups in total. The Morgan fingerprint density at radius 1 is 1.55 bits per heavy atom. The van der Waals surface area contributed by atoms with Gasteiger partial charge in [-0.05, 0) is 0 Å². The van der Waals surface area contributed by atoms with Gasteiger partial charge in [0.1, 0.15) is 6.33 Å². The van der Waals surface area contributed by atoms with Gasteiger partial charge in [0.05, 0.1) is 6.54 Å². The van der Waals surface area contributed by atoms with Crippen LogP contribution in [0.3, 0.4) is 0 Å². The molecule has 5 nitrogen and oxygen atoms in total. The fourth-order valence-corrected chi connectivity index (χ4v) is 1.15. The molecule has 11 heavy (non-hydrogen) atoms. The Morgan fingerprint density at radius 3 is 3.27 bits per heavy atom. The Labute approximate surface area is 63.9 Å². The summed E-state index contributed by atoms with van der Waals surface area (Å²) in [6.45, 7) is 2.17. The number of fused-ring (bicyclic) bond motifs is 1. The lowest BCUT2D eigenvalue weighted by atomic mass is 10.4. The van der Waals surface area contributed by atoms with Crippen LogP contribution in [0.25, 0.3) is 0 Å². The van der Waals surface area contributed by atoms with Gasteiger partial charge in [-0.3, -0.25) is 0 Å². The molecule has 0 aliphatic carbocycles. The third-order valence-electron chi connectivity index (χ3n) is 1.78. The van der Waals surface area contributed by atoms with Gasteiger partial charge < -0.3 is 9.47 Å². The minimum atomic E-state index is 0.594. The molecule has 1 aromatic rings. The van der Waals surface area contributed by atoms with E-state index in [-0.39, 0.29) is 0 Å². The average molecular weight is 149 g/mol. The topological polar surface area (TPSA) is 57.7 Å². The number of hydrogen-bond donors (Lipinski definition) is 0. The van der Waals surface area contributed by atoms with Crippen LogP contribution >= 0.6 is 0 Å². The zero-order chi connectivity index (χ0) is 7.68. The standard InChI is InChI=1S/C6H7N5/c7-4-10-1-2-11-5-8-9-6(11)3-10/h5H,1-3H2. The van der Waals surface area contributed by atoms with E-state index in [1.807, 2.05) is 4.57 Å². The molecule has 0 saturated heterocycles. The highest BCUT2D eigenvalue weighted by Crippen LogP contribution is 2.06. The summed E-state index contributed by atoms with van der Waals surface area (Å²) in [5, 5.41) is 16.2. The largest absolute Gasteiger partial charge is 0.314 e. The molecule has 5 heteroatoms. The van der Waals surface area contributed by atoms with Crippen LogP contribution in [0.5, 0.6) is 0 Å². The predicted molar refractivity (Wildman–Crippen MR) is 36.0 cm³/mol. The second kappa shape index (κ2) is 2.23. The third kappa shape index (κ3) is 0.923. The molecule has 1 aliphatic rings. The van der Waals surface area contributed by atoms with Gasteiger partial charge in [0.15, 0.2) is 12.0 Å². The third-order valence-corrected chi connectivity index (χ3v) is 1.78. The van der Waals surface area contributed by atoms with Gasteiger partial charge in [-0.25, -0.2) is 0 Å². The van der Waals surface area contributed by atoms with Crippen LogP contribution in [0.1, 0.15) is 5.82 Å². The van der Waals surface area contributed by atoms with Crippen LogP contribution in [0, 0.1) is 11.5 Å². The molecular formula is C6H7N5. The lowest BCUT2D eigenvalue weighted by Gasteiger charge is -2.20. The highest BCUT2D eigenvalue weighted by Gasteiger charge is 2.14. The van der Waals surface area contributed by atoms with Crippen LogP contribution in [0.15, 0.2) is 6.33 Å². The molecule has 0 unspecified atom stereocenters. The van der Waals surface area contributed by atoms with Gasteiger partial charge in [0.2, 0.25) is 0 Å². The van der Waals surface area contributed by atoms with Crippen molar-refractivity contribution in [1.29, 1.82) is 5.26 Å². The number of rotatable bonds is 0. The molecule has 2 heterocycles. The highest BCUT2D eigenvalue weighted by atomic mass is 15.3. The zero-order valence-corrected chi connectivity index (χ0v) is 5.93. The van der Waals surface area contributed by atoms with E-state index in [9.17, 15) is 0 Å². The summed E-state index contributed by atoms with van der Waals surface area (Å²) in [5.74, 6) is 0.873. The summed E-state index contributed by atoms with van der Waals surface area (Å²) in [6.07, 6.45) is 3.79. The Kier molecular flexibility index (Phi) is 1.25. The zero-order valence-electron chi connectivity index (χ0n) is 5.93.